The molecular formula is C63H122N2O5. The predicted molar refractivity (Wildman–Crippen MR) is 302 cm³/mol. The second-order valence-corrected chi connectivity index (χ2v) is 22.5. The lowest BCUT2D eigenvalue weighted by Gasteiger charge is -2.29. The van der Waals surface area contributed by atoms with Gasteiger partial charge in [0.05, 0.1) is 13.2 Å². The smallest absolute Gasteiger partial charge is 0.305 e. The first kappa shape index (κ1) is 66.4. The molecule has 1 aliphatic rings. The van der Waals surface area contributed by atoms with Gasteiger partial charge in [0.2, 0.25) is 5.91 Å². The highest BCUT2D eigenvalue weighted by molar-refractivity contribution is 5.78. The van der Waals surface area contributed by atoms with Crippen LogP contribution in [0.1, 0.15) is 324 Å². The SMILES string of the molecule is CCCCCCCCCN(CCCN1CCCC1)C(=O)C(CCCCCCCCCC(=O)OCC(CCCC)CCCCCC)CCCCCCCCC(=O)OCC(CCCC)CCCCCCCC. The van der Waals surface area contributed by atoms with Crippen LogP contribution in [0.15, 0.2) is 0 Å². The second kappa shape index (κ2) is 50.9. The van der Waals surface area contributed by atoms with Crippen molar-refractivity contribution in [2.75, 3.05) is 45.9 Å². The van der Waals surface area contributed by atoms with Crippen LogP contribution >= 0.6 is 0 Å². The fourth-order valence-electron chi connectivity index (χ4n) is 10.9. The maximum Gasteiger partial charge on any atom is 0.305 e. The Bertz CT molecular complexity index is 1140. The lowest BCUT2D eigenvalue weighted by molar-refractivity contribution is -0.146. The maximum absolute atomic E-state index is 14.5. The van der Waals surface area contributed by atoms with Crippen LogP contribution in [0.3, 0.4) is 0 Å². The first-order valence-corrected chi connectivity index (χ1v) is 31.7. The van der Waals surface area contributed by atoms with E-state index in [4.69, 9.17) is 9.47 Å². The van der Waals surface area contributed by atoms with Gasteiger partial charge in [0.15, 0.2) is 0 Å². The molecule has 0 bridgehead atoms. The van der Waals surface area contributed by atoms with Crippen LogP contribution in [0.4, 0.5) is 0 Å². The van der Waals surface area contributed by atoms with Gasteiger partial charge in [0, 0.05) is 31.8 Å². The third-order valence-electron chi connectivity index (χ3n) is 15.7. The molecule has 414 valence electrons. The van der Waals surface area contributed by atoms with Crippen molar-refractivity contribution >= 4 is 17.8 Å². The fourth-order valence-corrected chi connectivity index (χ4v) is 10.9. The van der Waals surface area contributed by atoms with Crippen LogP contribution in [0, 0.1) is 17.8 Å². The van der Waals surface area contributed by atoms with Crippen LogP contribution in [0.25, 0.3) is 0 Å². The van der Waals surface area contributed by atoms with E-state index in [-0.39, 0.29) is 17.9 Å². The Morgan fingerprint density at radius 2 is 0.714 bits per heavy atom. The highest BCUT2D eigenvalue weighted by Gasteiger charge is 2.24. The number of hydrogen-bond acceptors (Lipinski definition) is 6. The first-order valence-electron chi connectivity index (χ1n) is 31.7. The molecule has 0 spiro atoms. The van der Waals surface area contributed by atoms with Crippen molar-refractivity contribution in [1.29, 1.82) is 0 Å². The number of hydrogen-bond donors (Lipinski definition) is 0. The molecule has 3 atom stereocenters. The molecular weight excluding hydrogens is 865 g/mol. The van der Waals surface area contributed by atoms with Crippen molar-refractivity contribution < 1.29 is 23.9 Å². The van der Waals surface area contributed by atoms with E-state index < -0.39 is 0 Å². The van der Waals surface area contributed by atoms with Crippen molar-refractivity contribution in [2.24, 2.45) is 17.8 Å². The monoisotopic (exact) mass is 987 g/mol. The zero-order chi connectivity index (χ0) is 50.8. The minimum Gasteiger partial charge on any atom is -0.465 e. The van der Waals surface area contributed by atoms with Crippen LogP contribution in [-0.4, -0.2) is 73.6 Å². The quantitative estimate of drug-likeness (QED) is 0.0446. The van der Waals surface area contributed by atoms with Crippen LogP contribution < -0.4 is 0 Å². The van der Waals surface area contributed by atoms with E-state index >= 15 is 0 Å². The molecule has 70 heavy (non-hydrogen) atoms. The maximum atomic E-state index is 14.5. The summed E-state index contributed by atoms with van der Waals surface area (Å²) in [5.41, 5.74) is 0. The van der Waals surface area contributed by atoms with Gasteiger partial charge in [0.1, 0.15) is 0 Å². The van der Waals surface area contributed by atoms with E-state index in [1.54, 1.807) is 0 Å². The Hall–Kier alpha value is -1.63. The molecule has 0 aromatic carbocycles. The van der Waals surface area contributed by atoms with Gasteiger partial charge >= 0.3 is 11.9 Å². The number of rotatable bonds is 54. The van der Waals surface area contributed by atoms with Gasteiger partial charge in [-0.15, -0.1) is 0 Å². The minimum atomic E-state index is -0.000996. The minimum absolute atomic E-state index is 0.0000512. The van der Waals surface area contributed by atoms with Gasteiger partial charge < -0.3 is 19.3 Å². The predicted octanol–water partition coefficient (Wildman–Crippen LogP) is 18.7. The van der Waals surface area contributed by atoms with E-state index in [0.29, 0.717) is 43.8 Å². The summed E-state index contributed by atoms with van der Waals surface area (Å²) in [4.78, 5) is 44.7. The highest BCUT2D eigenvalue weighted by atomic mass is 16.5. The molecule has 3 unspecified atom stereocenters. The Morgan fingerprint density at radius 3 is 1.14 bits per heavy atom. The Labute approximate surface area is 437 Å². The highest BCUT2D eigenvalue weighted by Crippen LogP contribution is 2.25. The Morgan fingerprint density at radius 1 is 0.386 bits per heavy atom. The van der Waals surface area contributed by atoms with Crippen molar-refractivity contribution in [3.63, 3.8) is 0 Å². The number of unbranched alkanes of at least 4 members (excludes halogenated alkanes) is 27. The van der Waals surface area contributed by atoms with E-state index in [2.05, 4.69) is 44.4 Å². The van der Waals surface area contributed by atoms with Gasteiger partial charge in [-0.05, 0) is 109 Å². The number of ether oxygens (including phenoxy) is 2. The molecule has 1 rings (SSSR count). The van der Waals surface area contributed by atoms with Gasteiger partial charge in [0.25, 0.3) is 0 Å². The van der Waals surface area contributed by atoms with E-state index in [1.165, 1.54) is 219 Å². The zero-order valence-electron chi connectivity index (χ0n) is 47.9. The molecule has 7 nitrogen and oxygen atoms in total. The molecule has 7 heteroatoms. The van der Waals surface area contributed by atoms with Gasteiger partial charge in [-0.25, -0.2) is 0 Å². The number of carbonyl (C=O) groups is 3. The summed E-state index contributed by atoms with van der Waals surface area (Å²) in [7, 11) is 0. The van der Waals surface area contributed by atoms with E-state index in [9.17, 15) is 14.4 Å². The number of esters is 2. The summed E-state index contributed by atoms with van der Waals surface area (Å²) >= 11 is 0. The molecule has 1 aliphatic heterocycles. The standard InChI is InChI=1S/C63H122N2O5/c1-6-11-16-19-26-32-39-54-65(55-42-53-64-51-40-41-52-64)63(68)60(47-35-28-22-21-23-30-37-49-61(66)69-56-58(43-14-9-4)45-33-18-13-8-3)48-36-29-24-25-31-38-50-62(67)70-57-59(44-15-10-5)46-34-27-20-17-12-7-2/h58-60H,6-57H2,1-5H3. The Balaban J connectivity index is 2.59. The normalized spacial score (nSPS) is 14.2. The van der Waals surface area contributed by atoms with Crippen LogP contribution in [0.2, 0.25) is 0 Å². The Kier molecular flexibility index (Phi) is 48.3. The second-order valence-electron chi connectivity index (χ2n) is 22.5. The molecule has 0 aromatic rings. The van der Waals surface area contributed by atoms with Crippen molar-refractivity contribution in [1.82, 2.24) is 9.80 Å². The largest absolute Gasteiger partial charge is 0.465 e. The van der Waals surface area contributed by atoms with Gasteiger partial charge in [-0.1, -0.05) is 234 Å². The zero-order valence-corrected chi connectivity index (χ0v) is 47.9. The number of nitrogens with zero attached hydrogens (tertiary/aromatic N) is 2. The molecule has 1 saturated heterocycles. The molecule has 0 saturated carbocycles. The fraction of sp³-hybridized carbons (Fsp3) is 0.952. The summed E-state index contributed by atoms with van der Waals surface area (Å²) in [5.74, 6) is 1.63. The summed E-state index contributed by atoms with van der Waals surface area (Å²) in [5, 5.41) is 0. The summed E-state index contributed by atoms with van der Waals surface area (Å²) in [6.07, 6.45) is 53.1. The third-order valence-corrected chi connectivity index (χ3v) is 15.7. The lowest BCUT2D eigenvalue weighted by Crippen LogP contribution is -2.39. The first-order chi connectivity index (χ1) is 34.4. The summed E-state index contributed by atoms with van der Waals surface area (Å²) < 4.78 is 11.6. The molecule has 0 aliphatic carbocycles. The molecule has 1 amide bonds. The number of amides is 1. The molecule has 1 fully saturated rings. The van der Waals surface area contributed by atoms with Gasteiger partial charge in [-0.3, -0.25) is 14.4 Å². The molecule has 0 N–H and O–H groups in total. The number of likely N-dealkylation sites (tertiary alicyclic amines) is 1. The lowest BCUT2D eigenvalue weighted by atomic mass is 9.92. The van der Waals surface area contributed by atoms with Crippen molar-refractivity contribution in [2.45, 2.75) is 324 Å². The summed E-state index contributed by atoms with van der Waals surface area (Å²) in [6.45, 7) is 18.0. The van der Waals surface area contributed by atoms with Crippen LogP contribution in [0.5, 0.6) is 0 Å². The van der Waals surface area contributed by atoms with Gasteiger partial charge in [-0.2, -0.15) is 0 Å². The topological polar surface area (TPSA) is 76.2 Å². The van der Waals surface area contributed by atoms with E-state index in [0.717, 1.165) is 90.3 Å². The van der Waals surface area contributed by atoms with Crippen LogP contribution in [-0.2, 0) is 23.9 Å². The van der Waals surface area contributed by atoms with E-state index in [1.807, 2.05) is 0 Å². The van der Waals surface area contributed by atoms with Crippen molar-refractivity contribution in [3.05, 3.63) is 0 Å². The molecule has 0 aromatic heterocycles. The number of carbonyl (C=O) groups excluding carboxylic acids is 3. The average molecular weight is 988 g/mol. The molecule has 0 radical (unpaired) electrons. The third kappa shape index (κ3) is 40.8. The molecule has 1 heterocycles. The van der Waals surface area contributed by atoms with Crippen molar-refractivity contribution in [3.8, 4) is 0 Å². The average Bonchev–Trinajstić information content (AvgIpc) is 3.89. The summed E-state index contributed by atoms with van der Waals surface area (Å²) in [6, 6.07) is 0.